The van der Waals surface area contributed by atoms with Crippen LogP contribution in [0.3, 0.4) is 0 Å². The predicted molar refractivity (Wildman–Crippen MR) is 44.6 cm³/mol. The summed E-state index contributed by atoms with van der Waals surface area (Å²) in [5.41, 5.74) is 1.90. The molecule has 0 bridgehead atoms. The average molecular weight is 183 g/mol. The first-order valence-corrected chi connectivity index (χ1v) is 3.51. The standard InChI is InChI=1S/C7H9N3O3/c8-10-7(11)5-13-9-4-6-2-1-3-12-6/h1-4H,5,8H2,(H,10,11)/b9-4+. The van der Waals surface area contributed by atoms with Crippen molar-refractivity contribution in [1.82, 2.24) is 5.43 Å². The van der Waals surface area contributed by atoms with Crippen molar-refractivity contribution in [2.75, 3.05) is 6.61 Å². The fraction of sp³-hybridized carbons (Fsp3) is 0.143. The predicted octanol–water partition coefficient (Wildman–Crippen LogP) is -0.380. The van der Waals surface area contributed by atoms with Crippen molar-refractivity contribution in [3.63, 3.8) is 0 Å². The molecule has 1 aromatic rings. The van der Waals surface area contributed by atoms with Crippen molar-refractivity contribution in [3.05, 3.63) is 24.2 Å². The van der Waals surface area contributed by atoms with Gasteiger partial charge in [0.15, 0.2) is 6.61 Å². The number of hydrazine groups is 1. The number of oxime groups is 1. The molecule has 0 aromatic carbocycles. The van der Waals surface area contributed by atoms with Crippen molar-refractivity contribution in [2.24, 2.45) is 11.0 Å². The van der Waals surface area contributed by atoms with Gasteiger partial charge >= 0.3 is 0 Å². The maximum Gasteiger partial charge on any atom is 0.274 e. The topological polar surface area (TPSA) is 89.8 Å². The number of nitrogens with one attached hydrogen (secondary N) is 1. The molecule has 0 atom stereocenters. The molecule has 6 nitrogen and oxygen atoms in total. The third-order valence-corrected chi connectivity index (χ3v) is 1.15. The maximum atomic E-state index is 10.5. The zero-order chi connectivity index (χ0) is 9.52. The van der Waals surface area contributed by atoms with Gasteiger partial charge in [0, 0.05) is 0 Å². The summed E-state index contributed by atoms with van der Waals surface area (Å²) in [6.45, 7) is -0.215. The number of carbonyl (C=O) groups is 1. The normalized spacial score (nSPS) is 10.2. The van der Waals surface area contributed by atoms with Crippen LogP contribution in [0.5, 0.6) is 0 Å². The number of hydrogen-bond donors (Lipinski definition) is 2. The smallest absolute Gasteiger partial charge is 0.274 e. The summed E-state index contributed by atoms with van der Waals surface area (Å²) >= 11 is 0. The Morgan fingerprint density at radius 3 is 3.31 bits per heavy atom. The fourth-order valence-corrected chi connectivity index (χ4v) is 0.591. The lowest BCUT2D eigenvalue weighted by molar-refractivity contribution is -0.125. The molecule has 1 aromatic heterocycles. The number of hydrogen-bond acceptors (Lipinski definition) is 5. The van der Waals surface area contributed by atoms with Gasteiger partial charge < -0.3 is 9.25 Å². The van der Waals surface area contributed by atoms with Crippen molar-refractivity contribution in [2.45, 2.75) is 0 Å². The van der Waals surface area contributed by atoms with Crippen molar-refractivity contribution >= 4 is 12.1 Å². The minimum absolute atomic E-state index is 0.215. The van der Waals surface area contributed by atoms with E-state index in [1.54, 1.807) is 12.1 Å². The zero-order valence-corrected chi connectivity index (χ0v) is 6.77. The van der Waals surface area contributed by atoms with Crippen molar-refractivity contribution in [1.29, 1.82) is 0 Å². The molecule has 0 saturated carbocycles. The summed E-state index contributed by atoms with van der Waals surface area (Å²) in [4.78, 5) is 15.1. The Kier molecular flexibility index (Phi) is 3.52. The monoisotopic (exact) mass is 183 g/mol. The first kappa shape index (κ1) is 9.27. The molecule has 0 aliphatic rings. The molecule has 13 heavy (non-hydrogen) atoms. The van der Waals surface area contributed by atoms with Gasteiger partial charge in [-0.1, -0.05) is 5.16 Å². The summed E-state index contributed by atoms with van der Waals surface area (Å²) in [5, 5.41) is 3.47. The Bertz CT molecular complexity index is 281. The molecule has 1 heterocycles. The van der Waals surface area contributed by atoms with Gasteiger partial charge in [0.25, 0.3) is 5.91 Å². The molecule has 0 aliphatic heterocycles. The lowest BCUT2D eigenvalue weighted by atomic mass is 10.5. The molecular formula is C7H9N3O3. The van der Waals surface area contributed by atoms with Crippen LogP contribution in [0.15, 0.2) is 28.0 Å². The van der Waals surface area contributed by atoms with Crippen molar-refractivity contribution in [3.8, 4) is 0 Å². The van der Waals surface area contributed by atoms with E-state index in [-0.39, 0.29) is 6.61 Å². The minimum atomic E-state index is -0.448. The van der Waals surface area contributed by atoms with Gasteiger partial charge in [-0.15, -0.1) is 0 Å². The van der Waals surface area contributed by atoms with E-state index in [0.717, 1.165) is 0 Å². The Morgan fingerprint density at radius 1 is 1.85 bits per heavy atom. The highest BCUT2D eigenvalue weighted by molar-refractivity contribution is 5.77. The van der Waals surface area contributed by atoms with Gasteiger partial charge in [0.2, 0.25) is 0 Å². The van der Waals surface area contributed by atoms with Crippen LogP contribution < -0.4 is 11.3 Å². The number of nitrogens with two attached hydrogens (primary N) is 1. The van der Waals surface area contributed by atoms with Crippen LogP contribution in [0.1, 0.15) is 5.76 Å². The van der Waals surface area contributed by atoms with E-state index < -0.39 is 5.91 Å². The van der Waals surface area contributed by atoms with E-state index in [1.807, 2.05) is 5.43 Å². The first-order chi connectivity index (χ1) is 6.33. The average Bonchev–Trinajstić information content (AvgIpc) is 2.64. The SMILES string of the molecule is NNC(=O)CO/N=C/c1ccco1. The zero-order valence-electron chi connectivity index (χ0n) is 6.77. The van der Waals surface area contributed by atoms with Crippen LogP contribution in [0.25, 0.3) is 0 Å². The molecule has 6 heteroatoms. The Hall–Kier alpha value is -1.82. The fourth-order valence-electron chi connectivity index (χ4n) is 0.591. The van der Waals surface area contributed by atoms with Gasteiger partial charge in [0.05, 0.1) is 6.26 Å². The van der Waals surface area contributed by atoms with Crippen LogP contribution in [0, 0.1) is 0 Å². The number of furan rings is 1. The minimum Gasteiger partial charge on any atom is -0.463 e. The van der Waals surface area contributed by atoms with E-state index in [9.17, 15) is 4.79 Å². The Balaban J connectivity index is 2.23. The molecule has 0 radical (unpaired) electrons. The second-order valence-electron chi connectivity index (χ2n) is 2.09. The maximum absolute atomic E-state index is 10.5. The lowest BCUT2D eigenvalue weighted by Gasteiger charge is -1.95. The van der Waals surface area contributed by atoms with E-state index in [1.165, 1.54) is 12.5 Å². The van der Waals surface area contributed by atoms with E-state index in [4.69, 9.17) is 10.3 Å². The van der Waals surface area contributed by atoms with Crippen LogP contribution in [0.2, 0.25) is 0 Å². The van der Waals surface area contributed by atoms with Gasteiger partial charge in [-0.05, 0) is 12.1 Å². The van der Waals surface area contributed by atoms with Crippen LogP contribution in [-0.2, 0) is 9.63 Å². The van der Waals surface area contributed by atoms with Crippen LogP contribution >= 0.6 is 0 Å². The van der Waals surface area contributed by atoms with E-state index in [0.29, 0.717) is 5.76 Å². The van der Waals surface area contributed by atoms with Gasteiger partial charge in [-0.25, -0.2) is 5.84 Å². The van der Waals surface area contributed by atoms with Gasteiger partial charge in [-0.2, -0.15) is 0 Å². The highest BCUT2D eigenvalue weighted by atomic mass is 16.6. The molecule has 70 valence electrons. The van der Waals surface area contributed by atoms with Crippen LogP contribution in [0.4, 0.5) is 0 Å². The Morgan fingerprint density at radius 2 is 2.69 bits per heavy atom. The first-order valence-electron chi connectivity index (χ1n) is 3.51. The van der Waals surface area contributed by atoms with Crippen LogP contribution in [-0.4, -0.2) is 18.7 Å². The largest absolute Gasteiger partial charge is 0.463 e. The summed E-state index contributed by atoms with van der Waals surface area (Å²) in [7, 11) is 0. The molecule has 0 aliphatic carbocycles. The van der Waals surface area contributed by atoms with E-state index in [2.05, 4.69) is 9.99 Å². The molecule has 0 unspecified atom stereocenters. The second kappa shape index (κ2) is 4.94. The summed E-state index contributed by atoms with van der Waals surface area (Å²) in [5.74, 6) is 4.90. The molecule has 0 fully saturated rings. The molecular weight excluding hydrogens is 174 g/mol. The second-order valence-corrected chi connectivity index (χ2v) is 2.09. The highest BCUT2D eigenvalue weighted by Gasteiger charge is 1.95. The number of rotatable bonds is 4. The van der Waals surface area contributed by atoms with Gasteiger partial charge in [0.1, 0.15) is 12.0 Å². The van der Waals surface area contributed by atoms with Gasteiger partial charge in [-0.3, -0.25) is 10.2 Å². The lowest BCUT2D eigenvalue weighted by Crippen LogP contribution is -2.32. The highest BCUT2D eigenvalue weighted by Crippen LogP contribution is 1.94. The Labute approximate surface area is 74.3 Å². The molecule has 1 rings (SSSR count). The molecule has 0 spiro atoms. The molecule has 1 amide bonds. The third kappa shape index (κ3) is 3.39. The summed E-state index contributed by atoms with van der Waals surface area (Å²) in [6.07, 6.45) is 2.86. The number of carbonyl (C=O) groups excluding carboxylic acids is 1. The molecule has 3 N–H and O–H groups in total. The molecule has 0 saturated heterocycles. The number of nitrogens with zero attached hydrogens (tertiary/aromatic N) is 1. The van der Waals surface area contributed by atoms with Crippen molar-refractivity contribution < 1.29 is 14.0 Å². The number of amides is 1. The van der Waals surface area contributed by atoms with E-state index >= 15 is 0 Å². The summed E-state index contributed by atoms with van der Waals surface area (Å²) < 4.78 is 4.91. The summed E-state index contributed by atoms with van der Waals surface area (Å²) in [6, 6.07) is 3.42. The quantitative estimate of drug-likeness (QED) is 0.288. The third-order valence-electron chi connectivity index (χ3n) is 1.15.